The number of rotatable bonds is 4. The first-order valence-electron chi connectivity index (χ1n) is 5.30. The highest BCUT2D eigenvalue weighted by molar-refractivity contribution is 5.52. The summed E-state index contributed by atoms with van der Waals surface area (Å²) in [5.74, 6) is 0. The summed E-state index contributed by atoms with van der Waals surface area (Å²) in [7, 11) is 0. The molecular weight excluding hydrogens is 192 g/mol. The summed E-state index contributed by atoms with van der Waals surface area (Å²) in [5.41, 5.74) is 1.22. The lowest BCUT2D eigenvalue weighted by molar-refractivity contribution is 0.0384. The molecule has 0 bridgehead atoms. The van der Waals surface area contributed by atoms with Crippen LogP contribution in [0.4, 0.5) is 0 Å². The van der Waals surface area contributed by atoms with Gasteiger partial charge in [0.25, 0.3) is 0 Å². The van der Waals surface area contributed by atoms with E-state index in [0.29, 0.717) is 0 Å². The summed E-state index contributed by atoms with van der Waals surface area (Å²) in [5, 5.41) is 0. The minimum atomic E-state index is 0.818. The molecule has 4 nitrogen and oxygen atoms in total. The quantitative estimate of drug-likeness (QED) is 0.672. The molecule has 0 radical (unpaired) electrons. The minimum absolute atomic E-state index is 0.818. The minimum Gasteiger partial charge on any atom is -0.379 e. The smallest absolute Gasteiger partial charge is 0.217 e. The van der Waals surface area contributed by atoms with Gasteiger partial charge >= 0.3 is 0 Å². The maximum absolute atomic E-state index is 10.5. The van der Waals surface area contributed by atoms with Crippen LogP contribution in [-0.4, -0.2) is 48.7 Å². The van der Waals surface area contributed by atoms with Gasteiger partial charge in [-0.1, -0.05) is 0 Å². The Labute approximate surface area is 89.4 Å². The Morgan fingerprint density at radius 3 is 2.87 bits per heavy atom. The van der Waals surface area contributed by atoms with Crippen molar-refractivity contribution in [3.8, 4) is 0 Å². The molecule has 1 fully saturated rings. The highest BCUT2D eigenvalue weighted by Gasteiger charge is 2.09. The van der Waals surface area contributed by atoms with Crippen LogP contribution in [0.5, 0.6) is 0 Å². The molecule has 0 atom stereocenters. The maximum atomic E-state index is 10.5. The van der Waals surface area contributed by atoms with Gasteiger partial charge in [0.1, 0.15) is 0 Å². The Hall–Kier alpha value is -1.13. The lowest BCUT2D eigenvalue weighted by Gasteiger charge is -2.26. The molecule has 1 aromatic heterocycles. The third-order valence-electron chi connectivity index (χ3n) is 2.72. The summed E-state index contributed by atoms with van der Waals surface area (Å²) in [6.07, 6.45) is 5.49. The van der Waals surface area contributed by atoms with E-state index in [1.54, 1.807) is 10.8 Å². The second kappa shape index (κ2) is 5.09. The average molecular weight is 208 g/mol. The van der Waals surface area contributed by atoms with Crippen molar-refractivity contribution in [3.05, 3.63) is 24.0 Å². The fraction of sp³-hybridized carbons (Fsp3) is 0.545. The first-order chi connectivity index (χ1) is 7.38. The summed E-state index contributed by atoms with van der Waals surface area (Å²) in [6.45, 7) is 4.78. The van der Waals surface area contributed by atoms with Gasteiger partial charge < -0.3 is 4.74 Å². The van der Waals surface area contributed by atoms with Crippen molar-refractivity contribution >= 4 is 6.41 Å². The van der Waals surface area contributed by atoms with Crippen LogP contribution in [0.1, 0.15) is 5.56 Å². The largest absolute Gasteiger partial charge is 0.379 e. The Morgan fingerprint density at radius 1 is 1.40 bits per heavy atom. The molecule has 15 heavy (non-hydrogen) atoms. The Bertz CT molecular complexity index is 316. The first-order valence-corrected chi connectivity index (χ1v) is 5.30. The van der Waals surface area contributed by atoms with Crippen LogP contribution in [0.3, 0.4) is 0 Å². The van der Waals surface area contributed by atoms with Crippen molar-refractivity contribution in [2.24, 2.45) is 0 Å². The van der Waals surface area contributed by atoms with Gasteiger partial charge in [-0.15, -0.1) is 0 Å². The number of hydrogen-bond acceptors (Lipinski definition) is 3. The monoisotopic (exact) mass is 208 g/mol. The summed E-state index contributed by atoms with van der Waals surface area (Å²) in [4.78, 5) is 12.9. The number of morpholine rings is 1. The van der Waals surface area contributed by atoms with Gasteiger partial charge in [0.15, 0.2) is 0 Å². The van der Waals surface area contributed by atoms with E-state index in [4.69, 9.17) is 4.74 Å². The van der Waals surface area contributed by atoms with Gasteiger partial charge in [-0.3, -0.25) is 14.3 Å². The van der Waals surface area contributed by atoms with Gasteiger partial charge in [-0.05, 0) is 18.1 Å². The van der Waals surface area contributed by atoms with Crippen LogP contribution >= 0.6 is 0 Å². The van der Waals surface area contributed by atoms with Crippen LogP contribution in [-0.2, 0) is 16.0 Å². The highest BCUT2D eigenvalue weighted by atomic mass is 16.5. The summed E-state index contributed by atoms with van der Waals surface area (Å²) < 4.78 is 6.83. The zero-order valence-corrected chi connectivity index (χ0v) is 8.76. The predicted octanol–water partition coefficient (Wildman–Crippen LogP) is 0.401. The van der Waals surface area contributed by atoms with Crippen LogP contribution in [0, 0.1) is 0 Å². The van der Waals surface area contributed by atoms with Crippen molar-refractivity contribution in [1.29, 1.82) is 0 Å². The van der Waals surface area contributed by atoms with E-state index >= 15 is 0 Å². The van der Waals surface area contributed by atoms with E-state index < -0.39 is 0 Å². The molecule has 0 spiro atoms. The fourth-order valence-electron chi connectivity index (χ4n) is 1.78. The first kappa shape index (κ1) is 10.4. The molecule has 2 rings (SSSR count). The second-order valence-electron chi connectivity index (χ2n) is 3.78. The third-order valence-corrected chi connectivity index (χ3v) is 2.72. The number of carbonyl (C=O) groups is 1. The van der Waals surface area contributed by atoms with E-state index in [2.05, 4.69) is 4.90 Å². The van der Waals surface area contributed by atoms with Crippen LogP contribution in [0.15, 0.2) is 18.5 Å². The van der Waals surface area contributed by atoms with Crippen molar-refractivity contribution < 1.29 is 9.53 Å². The molecule has 0 amide bonds. The van der Waals surface area contributed by atoms with E-state index in [9.17, 15) is 4.79 Å². The van der Waals surface area contributed by atoms with Gasteiger partial charge in [0.2, 0.25) is 6.41 Å². The number of ether oxygens (including phenoxy) is 1. The van der Waals surface area contributed by atoms with E-state index in [-0.39, 0.29) is 0 Å². The lowest BCUT2D eigenvalue weighted by atomic mass is 10.2. The molecule has 1 aliphatic heterocycles. The van der Waals surface area contributed by atoms with Crippen LogP contribution in [0.2, 0.25) is 0 Å². The number of carbonyl (C=O) groups excluding carboxylic acids is 1. The topological polar surface area (TPSA) is 34.5 Å². The van der Waals surface area contributed by atoms with Crippen molar-refractivity contribution in [2.45, 2.75) is 6.42 Å². The Kier molecular flexibility index (Phi) is 3.53. The lowest BCUT2D eigenvalue weighted by Crippen LogP contribution is -2.37. The Morgan fingerprint density at radius 2 is 2.20 bits per heavy atom. The predicted molar refractivity (Wildman–Crippen MR) is 57.5 cm³/mol. The fourth-order valence-corrected chi connectivity index (χ4v) is 1.78. The average Bonchev–Trinajstić information content (AvgIpc) is 2.76. The van der Waals surface area contributed by atoms with E-state index in [1.807, 2.05) is 12.3 Å². The molecule has 1 aromatic rings. The standard InChI is InChI=1S/C11H16N2O2/c14-10-13-4-2-11(9-13)1-3-12-5-7-15-8-6-12/h2,4,9-10H,1,3,5-8H2. The molecule has 2 heterocycles. The number of hydrogen-bond donors (Lipinski definition) is 0. The summed E-state index contributed by atoms with van der Waals surface area (Å²) >= 11 is 0. The van der Waals surface area contributed by atoms with Gasteiger partial charge in [0, 0.05) is 32.0 Å². The Balaban J connectivity index is 1.79. The molecule has 82 valence electrons. The second-order valence-corrected chi connectivity index (χ2v) is 3.78. The summed E-state index contributed by atoms with van der Waals surface area (Å²) in [6, 6.07) is 1.99. The molecule has 4 heteroatoms. The number of aromatic nitrogens is 1. The van der Waals surface area contributed by atoms with E-state index in [1.165, 1.54) is 5.56 Å². The normalized spacial score (nSPS) is 17.9. The SMILES string of the molecule is O=Cn1ccc(CCN2CCOCC2)c1. The molecule has 0 N–H and O–H groups in total. The zero-order chi connectivity index (χ0) is 10.5. The molecule has 0 aliphatic carbocycles. The molecule has 0 unspecified atom stereocenters. The maximum Gasteiger partial charge on any atom is 0.217 e. The zero-order valence-electron chi connectivity index (χ0n) is 8.76. The third kappa shape index (κ3) is 2.91. The van der Waals surface area contributed by atoms with Crippen LogP contribution < -0.4 is 0 Å². The van der Waals surface area contributed by atoms with E-state index in [0.717, 1.165) is 45.7 Å². The molecule has 0 saturated carbocycles. The highest BCUT2D eigenvalue weighted by Crippen LogP contribution is 2.04. The van der Waals surface area contributed by atoms with Gasteiger partial charge in [-0.25, -0.2) is 0 Å². The van der Waals surface area contributed by atoms with Crippen molar-refractivity contribution in [2.75, 3.05) is 32.8 Å². The molecular formula is C11H16N2O2. The van der Waals surface area contributed by atoms with Crippen molar-refractivity contribution in [3.63, 3.8) is 0 Å². The molecule has 1 aliphatic rings. The van der Waals surface area contributed by atoms with Crippen molar-refractivity contribution in [1.82, 2.24) is 9.47 Å². The van der Waals surface area contributed by atoms with Gasteiger partial charge in [0.05, 0.1) is 13.2 Å². The van der Waals surface area contributed by atoms with Crippen LogP contribution in [0.25, 0.3) is 0 Å². The molecule has 0 aromatic carbocycles. The number of nitrogens with zero attached hydrogens (tertiary/aromatic N) is 2. The molecule has 1 saturated heterocycles. The van der Waals surface area contributed by atoms with Gasteiger partial charge in [-0.2, -0.15) is 0 Å².